The summed E-state index contributed by atoms with van der Waals surface area (Å²) in [4.78, 5) is 25.3. The summed E-state index contributed by atoms with van der Waals surface area (Å²) in [6.45, 7) is 0. The maximum Gasteiger partial charge on any atom is 0.414 e. The van der Waals surface area contributed by atoms with Gasteiger partial charge in [0.1, 0.15) is 11.5 Å². The third-order valence-electron chi connectivity index (χ3n) is 3.40. The summed E-state index contributed by atoms with van der Waals surface area (Å²) in [5.41, 5.74) is 1.10. The van der Waals surface area contributed by atoms with Gasteiger partial charge in [0.05, 0.1) is 5.56 Å². The van der Waals surface area contributed by atoms with E-state index in [0.29, 0.717) is 27.6 Å². The van der Waals surface area contributed by atoms with Crippen LogP contribution >= 0.6 is 11.6 Å². The third kappa shape index (κ3) is 3.12. The zero-order valence-electron chi connectivity index (χ0n) is 13.1. The Labute approximate surface area is 144 Å². The number of carbonyl (C=O) groups excluding carboxylic acids is 2. The van der Waals surface area contributed by atoms with Gasteiger partial charge in [-0.15, -0.1) is 0 Å². The molecule has 0 spiro atoms. The van der Waals surface area contributed by atoms with E-state index >= 15 is 0 Å². The van der Waals surface area contributed by atoms with Gasteiger partial charge < -0.3 is 14.4 Å². The number of hydrogen-bond donors (Lipinski definition) is 0. The molecule has 2 aromatic rings. The lowest BCUT2D eigenvalue weighted by Gasteiger charge is -2.10. The predicted molar refractivity (Wildman–Crippen MR) is 90.5 cm³/mol. The number of ketones is 1. The molecular formula is C18H14ClNO4. The van der Waals surface area contributed by atoms with Crippen LogP contribution in [0.4, 0.5) is 4.79 Å². The van der Waals surface area contributed by atoms with Crippen molar-refractivity contribution in [3.63, 3.8) is 0 Å². The zero-order valence-corrected chi connectivity index (χ0v) is 13.8. The number of halogens is 1. The molecular weight excluding hydrogens is 330 g/mol. The van der Waals surface area contributed by atoms with Gasteiger partial charge in [-0.1, -0.05) is 29.8 Å². The van der Waals surface area contributed by atoms with Crippen LogP contribution in [0.3, 0.4) is 0 Å². The summed E-state index contributed by atoms with van der Waals surface area (Å²) in [7, 11) is 3.17. The van der Waals surface area contributed by atoms with E-state index in [9.17, 15) is 9.59 Å². The number of rotatable bonds is 2. The number of ether oxygens (including phenoxy) is 2. The van der Waals surface area contributed by atoms with Crippen LogP contribution in [0, 0.1) is 0 Å². The van der Waals surface area contributed by atoms with E-state index < -0.39 is 6.09 Å². The van der Waals surface area contributed by atoms with Gasteiger partial charge in [-0.05, 0) is 29.8 Å². The minimum Gasteiger partial charge on any atom is -0.452 e. The van der Waals surface area contributed by atoms with Crippen molar-refractivity contribution in [2.45, 2.75) is 0 Å². The van der Waals surface area contributed by atoms with Gasteiger partial charge in [-0.3, -0.25) is 4.79 Å². The lowest BCUT2D eigenvalue weighted by atomic mass is 10.1. The SMILES string of the molecule is CN(C)C(=O)Oc1ccc2c(c1)O/C(=C/c1ccccc1Cl)C2=O. The summed E-state index contributed by atoms with van der Waals surface area (Å²) in [6, 6.07) is 11.8. The predicted octanol–water partition coefficient (Wildman–Crippen LogP) is 4.02. The van der Waals surface area contributed by atoms with Crippen molar-refractivity contribution in [2.24, 2.45) is 0 Å². The van der Waals surface area contributed by atoms with Gasteiger partial charge in [-0.25, -0.2) is 4.79 Å². The van der Waals surface area contributed by atoms with E-state index in [0.717, 1.165) is 0 Å². The van der Waals surface area contributed by atoms with E-state index in [2.05, 4.69) is 0 Å². The molecule has 2 aromatic carbocycles. The van der Waals surface area contributed by atoms with Crippen LogP contribution in [0.5, 0.6) is 11.5 Å². The number of allylic oxidation sites excluding steroid dienone is 1. The topological polar surface area (TPSA) is 55.8 Å². The van der Waals surface area contributed by atoms with Crippen LogP contribution in [0.2, 0.25) is 5.02 Å². The highest BCUT2D eigenvalue weighted by molar-refractivity contribution is 6.32. The summed E-state index contributed by atoms with van der Waals surface area (Å²) in [6.07, 6.45) is 1.09. The molecule has 0 unspecified atom stereocenters. The van der Waals surface area contributed by atoms with Crippen LogP contribution in [-0.4, -0.2) is 30.9 Å². The molecule has 1 aliphatic heterocycles. The Kier molecular flexibility index (Phi) is 4.27. The summed E-state index contributed by atoms with van der Waals surface area (Å²) < 4.78 is 10.8. The number of hydrogen-bond acceptors (Lipinski definition) is 4. The van der Waals surface area contributed by atoms with Crippen LogP contribution < -0.4 is 9.47 Å². The van der Waals surface area contributed by atoms with Crippen LogP contribution in [0.1, 0.15) is 15.9 Å². The van der Waals surface area contributed by atoms with E-state index in [1.165, 1.54) is 11.0 Å². The van der Waals surface area contributed by atoms with Crippen molar-refractivity contribution in [3.05, 3.63) is 64.4 Å². The molecule has 0 aromatic heterocycles. The molecule has 1 amide bonds. The number of carbonyl (C=O) groups is 2. The molecule has 0 atom stereocenters. The molecule has 0 aliphatic carbocycles. The first-order valence-corrected chi connectivity index (χ1v) is 7.55. The molecule has 0 fully saturated rings. The minimum absolute atomic E-state index is 0.175. The fraction of sp³-hybridized carbons (Fsp3) is 0.111. The van der Waals surface area contributed by atoms with Crippen molar-refractivity contribution < 1.29 is 19.1 Å². The molecule has 3 rings (SSSR count). The molecule has 0 saturated heterocycles. The quantitative estimate of drug-likeness (QED) is 0.773. The van der Waals surface area contributed by atoms with Gasteiger partial charge in [0.15, 0.2) is 5.76 Å². The summed E-state index contributed by atoms with van der Waals surface area (Å²) in [5, 5.41) is 0.526. The molecule has 24 heavy (non-hydrogen) atoms. The molecule has 0 saturated carbocycles. The highest BCUT2D eigenvalue weighted by Crippen LogP contribution is 2.35. The molecule has 0 N–H and O–H groups in total. The Hall–Kier alpha value is -2.79. The largest absolute Gasteiger partial charge is 0.452 e. The van der Waals surface area contributed by atoms with Crippen LogP contribution in [0.25, 0.3) is 6.08 Å². The summed E-state index contributed by atoms with van der Waals surface area (Å²) in [5.74, 6) is 0.589. The van der Waals surface area contributed by atoms with Gasteiger partial charge >= 0.3 is 6.09 Å². The minimum atomic E-state index is -0.508. The fourth-order valence-corrected chi connectivity index (χ4v) is 2.35. The van der Waals surface area contributed by atoms with E-state index in [-0.39, 0.29) is 11.5 Å². The number of fused-ring (bicyclic) bond motifs is 1. The number of Topliss-reactive ketones (excluding diaryl/α,β-unsaturated/α-hetero) is 1. The third-order valence-corrected chi connectivity index (χ3v) is 3.75. The normalized spacial score (nSPS) is 14.3. The molecule has 122 valence electrons. The first kappa shape index (κ1) is 16.1. The Morgan fingerprint density at radius 2 is 1.96 bits per heavy atom. The average Bonchev–Trinajstić information content (AvgIpc) is 2.85. The van der Waals surface area contributed by atoms with Crippen LogP contribution in [-0.2, 0) is 0 Å². The monoisotopic (exact) mass is 343 g/mol. The molecule has 1 aliphatic rings. The molecule has 0 radical (unpaired) electrons. The Bertz CT molecular complexity index is 858. The van der Waals surface area contributed by atoms with Gasteiger partial charge in [0, 0.05) is 25.2 Å². The van der Waals surface area contributed by atoms with E-state index in [1.807, 2.05) is 12.1 Å². The number of amides is 1. The maximum atomic E-state index is 12.4. The van der Waals surface area contributed by atoms with Gasteiger partial charge in [-0.2, -0.15) is 0 Å². The zero-order chi connectivity index (χ0) is 17.3. The van der Waals surface area contributed by atoms with Crippen molar-refractivity contribution in [2.75, 3.05) is 14.1 Å². The number of nitrogens with zero attached hydrogens (tertiary/aromatic N) is 1. The van der Waals surface area contributed by atoms with E-state index in [1.54, 1.807) is 44.4 Å². The molecule has 1 heterocycles. The first-order chi connectivity index (χ1) is 11.5. The van der Waals surface area contributed by atoms with Crippen molar-refractivity contribution in [1.29, 1.82) is 0 Å². The Morgan fingerprint density at radius 1 is 1.21 bits per heavy atom. The van der Waals surface area contributed by atoms with E-state index in [4.69, 9.17) is 21.1 Å². The molecule has 6 heteroatoms. The van der Waals surface area contributed by atoms with Crippen molar-refractivity contribution >= 4 is 29.6 Å². The molecule has 0 bridgehead atoms. The Morgan fingerprint density at radius 3 is 2.67 bits per heavy atom. The smallest absolute Gasteiger partial charge is 0.414 e. The lowest BCUT2D eigenvalue weighted by molar-refractivity contribution is 0.101. The number of benzene rings is 2. The standard InChI is InChI=1S/C18H14ClNO4/c1-20(2)18(22)23-12-7-8-13-15(10-12)24-16(17(13)21)9-11-5-3-4-6-14(11)19/h3-10H,1-2H3/b16-9+. The van der Waals surface area contributed by atoms with Crippen LogP contribution in [0.15, 0.2) is 48.2 Å². The van der Waals surface area contributed by atoms with Crippen molar-refractivity contribution in [1.82, 2.24) is 4.90 Å². The second kappa shape index (κ2) is 6.37. The fourth-order valence-electron chi connectivity index (χ4n) is 2.16. The Balaban J connectivity index is 1.88. The first-order valence-electron chi connectivity index (χ1n) is 7.17. The maximum absolute atomic E-state index is 12.4. The lowest BCUT2D eigenvalue weighted by Crippen LogP contribution is -2.25. The van der Waals surface area contributed by atoms with Gasteiger partial charge in [0.25, 0.3) is 0 Å². The second-order valence-electron chi connectivity index (χ2n) is 5.38. The highest BCUT2D eigenvalue weighted by Gasteiger charge is 2.28. The van der Waals surface area contributed by atoms with Crippen molar-refractivity contribution in [3.8, 4) is 11.5 Å². The average molecular weight is 344 g/mol. The highest BCUT2D eigenvalue weighted by atomic mass is 35.5. The molecule has 5 nitrogen and oxygen atoms in total. The second-order valence-corrected chi connectivity index (χ2v) is 5.79. The van der Waals surface area contributed by atoms with Gasteiger partial charge in [0.2, 0.25) is 5.78 Å². The summed E-state index contributed by atoms with van der Waals surface area (Å²) >= 11 is 6.10.